The predicted octanol–water partition coefficient (Wildman–Crippen LogP) is 2.71. The van der Waals surface area contributed by atoms with E-state index in [-0.39, 0.29) is 10.8 Å². The molecule has 0 aliphatic heterocycles. The Bertz CT molecular complexity index is 649. The fraction of sp³-hybridized carbons (Fsp3) is 0.154. The molecule has 98 valence electrons. The Balaban J connectivity index is 2.26. The Hall–Kier alpha value is -2.21. The van der Waals surface area contributed by atoms with Crippen LogP contribution in [0.2, 0.25) is 0 Å². The SMILES string of the molecule is Cc1ccc(C(=O)Nc2ccsc2C(=O)O)c(C)n1. The zero-order valence-electron chi connectivity index (χ0n) is 10.4. The van der Waals surface area contributed by atoms with Crippen LogP contribution in [0.5, 0.6) is 0 Å². The van der Waals surface area contributed by atoms with Gasteiger partial charge < -0.3 is 10.4 Å². The number of carbonyl (C=O) groups excluding carboxylic acids is 1. The summed E-state index contributed by atoms with van der Waals surface area (Å²) in [4.78, 5) is 27.4. The fourth-order valence-corrected chi connectivity index (χ4v) is 2.38. The first-order chi connectivity index (χ1) is 8.99. The molecule has 0 aliphatic rings. The minimum Gasteiger partial charge on any atom is -0.477 e. The molecule has 0 atom stereocenters. The first-order valence-corrected chi connectivity index (χ1v) is 6.43. The number of pyridine rings is 1. The number of rotatable bonds is 3. The second kappa shape index (κ2) is 5.19. The highest BCUT2D eigenvalue weighted by Crippen LogP contribution is 2.23. The third kappa shape index (κ3) is 2.79. The summed E-state index contributed by atoms with van der Waals surface area (Å²) in [5.74, 6) is -1.41. The quantitative estimate of drug-likeness (QED) is 0.903. The van der Waals surface area contributed by atoms with E-state index in [1.54, 1.807) is 30.5 Å². The Labute approximate surface area is 113 Å². The number of carboxylic acids is 1. The van der Waals surface area contributed by atoms with Crippen LogP contribution in [0.4, 0.5) is 5.69 Å². The highest BCUT2D eigenvalue weighted by molar-refractivity contribution is 7.12. The number of aromatic carboxylic acids is 1. The second-order valence-corrected chi connectivity index (χ2v) is 4.92. The summed E-state index contributed by atoms with van der Waals surface area (Å²) in [7, 11) is 0. The van der Waals surface area contributed by atoms with Gasteiger partial charge in [0, 0.05) is 5.69 Å². The summed E-state index contributed by atoms with van der Waals surface area (Å²) in [6, 6.07) is 5.00. The molecule has 2 N–H and O–H groups in total. The van der Waals surface area contributed by atoms with Crippen molar-refractivity contribution < 1.29 is 14.7 Å². The van der Waals surface area contributed by atoms with Gasteiger partial charge in [0.25, 0.3) is 5.91 Å². The van der Waals surface area contributed by atoms with Gasteiger partial charge in [0.05, 0.1) is 16.9 Å². The average molecular weight is 276 g/mol. The van der Waals surface area contributed by atoms with Crippen molar-refractivity contribution in [2.24, 2.45) is 0 Å². The predicted molar refractivity (Wildman–Crippen MR) is 72.9 cm³/mol. The minimum atomic E-state index is -1.05. The number of thiophene rings is 1. The van der Waals surface area contributed by atoms with E-state index < -0.39 is 5.97 Å². The van der Waals surface area contributed by atoms with Crippen molar-refractivity contribution in [3.8, 4) is 0 Å². The van der Waals surface area contributed by atoms with Crippen molar-refractivity contribution in [1.29, 1.82) is 0 Å². The number of aromatic nitrogens is 1. The number of carboxylic acid groups (broad SMARTS) is 1. The first-order valence-electron chi connectivity index (χ1n) is 5.55. The van der Waals surface area contributed by atoms with Crippen LogP contribution < -0.4 is 5.32 Å². The van der Waals surface area contributed by atoms with E-state index in [0.29, 0.717) is 16.9 Å². The van der Waals surface area contributed by atoms with Crippen LogP contribution in [0.1, 0.15) is 31.4 Å². The van der Waals surface area contributed by atoms with Crippen LogP contribution >= 0.6 is 11.3 Å². The molecule has 0 aromatic carbocycles. The van der Waals surface area contributed by atoms with E-state index in [9.17, 15) is 9.59 Å². The molecule has 2 rings (SSSR count). The number of carbonyl (C=O) groups is 2. The van der Waals surface area contributed by atoms with E-state index >= 15 is 0 Å². The molecule has 6 heteroatoms. The van der Waals surface area contributed by atoms with E-state index in [0.717, 1.165) is 17.0 Å². The number of hydrogen-bond donors (Lipinski definition) is 2. The summed E-state index contributed by atoms with van der Waals surface area (Å²) in [5, 5.41) is 13.2. The Morgan fingerprint density at radius 2 is 2.00 bits per heavy atom. The topological polar surface area (TPSA) is 79.3 Å². The van der Waals surface area contributed by atoms with Crippen LogP contribution in [-0.4, -0.2) is 22.0 Å². The minimum absolute atomic E-state index is 0.117. The van der Waals surface area contributed by atoms with Gasteiger partial charge in [0.2, 0.25) is 0 Å². The lowest BCUT2D eigenvalue weighted by Gasteiger charge is -2.07. The molecule has 19 heavy (non-hydrogen) atoms. The lowest BCUT2D eigenvalue weighted by atomic mass is 10.1. The molecule has 0 spiro atoms. The Kier molecular flexibility index (Phi) is 3.62. The van der Waals surface area contributed by atoms with Crippen molar-refractivity contribution in [2.75, 3.05) is 5.32 Å². The zero-order chi connectivity index (χ0) is 14.0. The van der Waals surface area contributed by atoms with E-state index in [4.69, 9.17) is 5.11 Å². The molecule has 0 saturated carbocycles. The number of nitrogens with one attached hydrogen (secondary N) is 1. The molecule has 1 amide bonds. The second-order valence-electron chi connectivity index (χ2n) is 4.01. The molecule has 2 aromatic rings. The van der Waals surface area contributed by atoms with Gasteiger partial charge in [-0.2, -0.15) is 0 Å². The van der Waals surface area contributed by atoms with Crippen LogP contribution in [0, 0.1) is 13.8 Å². The van der Waals surface area contributed by atoms with Crippen molar-refractivity contribution in [2.45, 2.75) is 13.8 Å². The van der Waals surface area contributed by atoms with Crippen LogP contribution in [0.25, 0.3) is 0 Å². The summed E-state index contributed by atoms with van der Waals surface area (Å²) < 4.78 is 0. The number of hydrogen-bond acceptors (Lipinski definition) is 4. The molecule has 0 saturated heterocycles. The highest BCUT2D eigenvalue weighted by atomic mass is 32.1. The summed E-state index contributed by atoms with van der Waals surface area (Å²) >= 11 is 1.07. The lowest BCUT2D eigenvalue weighted by Crippen LogP contribution is -2.15. The zero-order valence-corrected chi connectivity index (χ0v) is 11.2. The molecule has 2 heterocycles. The van der Waals surface area contributed by atoms with Crippen LogP contribution in [-0.2, 0) is 0 Å². The number of amides is 1. The number of anilines is 1. The van der Waals surface area contributed by atoms with E-state index in [2.05, 4.69) is 10.3 Å². The molecular weight excluding hydrogens is 264 g/mol. The summed E-state index contributed by atoms with van der Waals surface area (Å²) in [5.41, 5.74) is 2.19. The maximum atomic E-state index is 12.1. The van der Waals surface area contributed by atoms with Gasteiger partial charge in [0.15, 0.2) is 0 Å². The molecule has 5 nitrogen and oxygen atoms in total. The molecule has 0 unspecified atom stereocenters. The van der Waals surface area contributed by atoms with Gasteiger partial charge in [-0.05, 0) is 37.4 Å². The molecule has 0 bridgehead atoms. The number of aryl methyl sites for hydroxylation is 2. The molecule has 0 aliphatic carbocycles. The Morgan fingerprint density at radius 1 is 1.26 bits per heavy atom. The van der Waals surface area contributed by atoms with E-state index in [1.165, 1.54) is 0 Å². The van der Waals surface area contributed by atoms with Crippen molar-refractivity contribution in [3.05, 3.63) is 45.4 Å². The molecule has 2 aromatic heterocycles. The Morgan fingerprint density at radius 3 is 2.63 bits per heavy atom. The summed E-state index contributed by atoms with van der Waals surface area (Å²) in [6.45, 7) is 3.59. The fourth-order valence-electron chi connectivity index (χ4n) is 1.69. The van der Waals surface area contributed by atoms with Gasteiger partial charge >= 0.3 is 5.97 Å². The van der Waals surface area contributed by atoms with Crippen molar-refractivity contribution in [1.82, 2.24) is 4.98 Å². The molecule has 0 radical (unpaired) electrons. The smallest absolute Gasteiger partial charge is 0.348 e. The van der Waals surface area contributed by atoms with Crippen LogP contribution in [0.15, 0.2) is 23.6 Å². The normalized spacial score (nSPS) is 10.2. The third-order valence-corrected chi connectivity index (χ3v) is 3.48. The van der Waals surface area contributed by atoms with Gasteiger partial charge in [0.1, 0.15) is 4.88 Å². The standard InChI is InChI=1S/C13H12N2O3S/c1-7-3-4-9(8(2)14-7)12(16)15-10-5-6-19-11(10)13(17)18/h3-6H,1-2H3,(H,15,16)(H,17,18). The van der Waals surface area contributed by atoms with Gasteiger partial charge in [-0.1, -0.05) is 0 Å². The maximum absolute atomic E-state index is 12.1. The van der Waals surface area contributed by atoms with Gasteiger partial charge in [-0.3, -0.25) is 9.78 Å². The van der Waals surface area contributed by atoms with Gasteiger partial charge in [-0.25, -0.2) is 4.79 Å². The number of nitrogens with zero attached hydrogens (tertiary/aromatic N) is 1. The summed E-state index contributed by atoms with van der Waals surface area (Å²) in [6.07, 6.45) is 0. The largest absolute Gasteiger partial charge is 0.477 e. The first kappa shape index (κ1) is 13.2. The average Bonchev–Trinajstić information content (AvgIpc) is 2.76. The van der Waals surface area contributed by atoms with Crippen molar-refractivity contribution >= 4 is 28.9 Å². The van der Waals surface area contributed by atoms with Crippen molar-refractivity contribution in [3.63, 3.8) is 0 Å². The van der Waals surface area contributed by atoms with E-state index in [1.807, 2.05) is 6.92 Å². The lowest BCUT2D eigenvalue weighted by molar-refractivity contribution is 0.0703. The molecule has 0 fully saturated rings. The maximum Gasteiger partial charge on any atom is 0.348 e. The van der Waals surface area contributed by atoms with Crippen LogP contribution in [0.3, 0.4) is 0 Å². The monoisotopic (exact) mass is 276 g/mol. The highest BCUT2D eigenvalue weighted by Gasteiger charge is 2.16. The molecular formula is C13H12N2O3S. The van der Waals surface area contributed by atoms with Gasteiger partial charge in [-0.15, -0.1) is 11.3 Å². The third-order valence-electron chi connectivity index (χ3n) is 2.58.